The van der Waals surface area contributed by atoms with Crippen molar-refractivity contribution in [1.82, 2.24) is 19.1 Å². The Balaban J connectivity index is 0.981. The molecule has 2 heterocycles. The lowest BCUT2D eigenvalue weighted by molar-refractivity contribution is -0.116. The minimum atomic E-state index is -1.74. The van der Waals surface area contributed by atoms with Gasteiger partial charge in [-0.3, -0.25) is 9.36 Å². The Hall–Kier alpha value is -6.96. The number of nitrogens with zero attached hydrogens (tertiary/aromatic N) is 5. The first-order valence-corrected chi connectivity index (χ1v) is 26.8. The van der Waals surface area contributed by atoms with Gasteiger partial charge in [-0.25, -0.2) is 14.3 Å². The first kappa shape index (κ1) is 55.3. The zero-order valence-corrected chi connectivity index (χ0v) is 45.1. The number of fused-ring (bicyclic) bond motifs is 3. The summed E-state index contributed by atoms with van der Waals surface area (Å²) in [7, 11) is 3.15. The molecule has 2 amide bonds. The van der Waals surface area contributed by atoms with Crippen molar-refractivity contribution in [3.63, 3.8) is 0 Å². The summed E-state index contributed by atoms with van der Waals surface area (Å²) in [6.07, 6.45) is -0.407. The summed E-state index contributed by atoms with van der Waals surface area (Å²) in [4.78, 5) is 46.0. The SMILES string of the molecule is COc1ccc(C(OC[C@H]2O[C@@H](n3ccc(NC(=O)CCCN(C)C(=O)OCC4c5ccccc5-c5ccccc54)nc3=O)CC2OP(OCCC#N)N(C(C)C)C(C)C)(c2ccccc2)c2ccc(OC)cc2)cc1. The number of ether oxygens (including phenoxy) is 5. The molecule has 16 nitrogen and oxygen atoms in total. The fraction of sp³-hybridized carbons (Fsp3) is 0.373. The van der Waals surface area contributed by atoms with Crippen LogP contribution < -0.4 is 20.5 Å². The summed E-state index contributed by atoms with van der Waals surface area (Å²) >= 11 is 0. The molecule has 17 heteroatoms. The van der Waals surface area contributed by atoms with Crippen LogP contribution in [0.4, 0.5) is 10.6 Å². The van der Waals surface area contributed by atoms with E-state index in [1.807, 2.05) is 103 Å². The zero-order valence-electron chi connectivity index (χ0n) is 44.2. The fourth-order valence-corrected chi connectivity index (χ4v) is 11.8. The second-order valence-electron chi connectivity index (χ2n) is 19.3. The molecule has 1 N–H and O–H groups in total. The van der Waals surface area contributed by atoms with Gasteiger partial charge in [0.15, 0.2) is 0 Å². The predicted molar refractivity (Wildman–Crippen MR) is 291 cm³/mol. The molecule has 8 rings (SSSR count). The Labute approximate surface area is 446 Å². The average Bonchev–Trinajstić information content (AvgIpc) is 4.02. The van der Waals surface area contributed by atoms with E-state index >= 15 is 0 Å². The molecular formula is C59H67N6O10P. The number of amides is 2. The van der Waals surface area contributed by atoms with E-state index in [0.717, 1.165) is 38.9 Å². The van der Waals surface area contributed by atoms with Crippen LogP contribution in [0, 0.1) is 11.3 Å². The molecule has 6 aromatic rings. The van der Waals surface area contributed by atoms with Crippen LogP contribution in [-0.2, 0) is 33.7 Å². The third-order valence-electron chi connectivity index (χ3n) is 13.7. The molecule has 1 saturated heterocycles. The van der Waals surface area contributed by atoms with E-state index in [-0.39, 0.29) is 75.4 Å². The highest BCUT2D eigenvalue weighted by Gasteiger charge is 2.45. The molecule has 0 spiro atoms. The van der Waals surface area contributed by atoms with Gasteiger partial charge in [-0.2, -0.15) is 10.2 Å². The topological polar surface area (TPSA) is 176 Å². The summed E-state index contributed by atoms with van der Waals surface area (Å²) in [5, 5.41) is 12.2. The minimum absolute atomic E-state index is 0.00828. The highest BCUT2D eigenvalue weighted by molar-refractivity contribution is 7.44. The van der Waals surface area contributed by atoms with Crippen LogP contribution in [0.3, 0.4) is 0 Å². The number of carbonyl (C=O) groups excluding carboxylic acids is 2. The first-order valence-electron chi connectivity index (χ1n) is 25.7. The van der Waals surface area contributed by atoms with Crippen molar-refractivity contribution in [2.75, 3.05) is 52.9 Å². The molecule has 1 fully saturated rings. The number of nitriles is 1. The van der Waals surface area contributed by atoms with E-state index in [2.05, 4.69) is 73.0 Å². The number of hydrogen-bond donors (Lipinski definition) is 1. The number of anilines is 1. The van der Waals surface area contributed by atoms with Gasteiger partial charge in [0.25, 0.3) is 8.53 Å². The lowest BCUT2D eigenvalue weighted by Crippen LogP contribution is -2.39. The van der Waals surface area contributed by atoms with E-state index in [0.29, 0.717) is 17.9 Å². The fourth-order valence-electron chi connectivity index (χ4n) is 10.0. The van der Waals surface area contributed by atoms with Crippen molar-refractivity contribution in [3.05, 3.63) is 178 Å². The number of rotatable bonds is 24. The predicted octanol–water partition coefficient (Wildman–Crippen LogP) is 10.8. The molecule has 5 aromatic carbocycles. The highest BCUT2D eigenvalue weighted by Crippen LogP contribution is 2.51. The number of carbonyl (C=O) groups is 2. The van der Waals surface area contributed by atoms with Gasteiger partial charge < -0.3 is 42.9 Å². The van der Waals surface area contributed by atoms with Gasteiger partial charge in [-0.15, -0.1) is 0 Å². The third kappa shape index (κ3) is 12.6. The van der Waals surface area contributed by atoms with E-state index in [9.17, 15) is 19.6 Å². The van der Waals surface area contributed by atoms with Crippen molar-refractivity contribution in [2.45, 2.75) is 95.4 Å². The number of nitrogens with one attached hydrogen (secondary N) is 1. The van der Waals surface area contributed by atoms with Crippen molar-refractivity contribution in [3.8, 4) is 28.7 Å². The number of methoxy groups -OCH3 is 2. The van der Waals surface area contributed by atoms with Crippen LogP contribution in [0.25, 0.3) is 11.1 Å². The van der Waals surface area contributed by atoms with E-state index < -0.39 is 44.3 Å². The average molecular weight is 1050 g/mol. The third-order valence-corrected chi connectivity index (χ3v) is 15.8. The lowest BCUT2D eigenvalue weighted by Gasteiger charge is -2.39. The first-order chi connectivity index (χ1) is 36.8. The normalized spacial score (nSPS) is 16.5. The molecule has 0 radical (unpaired) electrons. The smallest absolute Gasteiger partial charge is 0.409 e. The maximum atomic E-state index is 14.0. The summed E-state index contributed by atoms with van der Waals surface area (Å²) in [5.41, 5.74) is 5.22. The van der Waals surface area contributed by atoms with Crippen molar-refractivity contribution < 1.29 is 42.3 Å². The van der Waals surface area contributed by atoms with Crippen LogP contribution >= 0.6 is 8.53 Å². The molecule has 76 heavy (non-hydrogen) atoms. The highest BCUT2D eigenvalue weighted by atomic mass is 31.2. The summed E-state index contributed by atoms with van der Waals surface area (Å²) in [6.45, 7) is 8.88. The van der Waals surface area contributed by atoms with Gasteiger partial charge in [0, 0.05) is 50.6 Å². The van der Waals surface area contributed by atoms with Crippen molar-refractivity contribution in [2.24, 2.45) is 0 Å². The molecule has 1 aliphatic carbocycles. The van der Waals surface area contributed by atoms with Crippen LogP contribution in [-0.4, -0.2) is 103 Å². The second-order valence-corrected chi connectivity index (χ2v) is 20.7. The maximum absolute atomic E-state index is 14.0. The van der Waals surface area contributed by atoms with Crippen LogP contribution in [0.5, 0.6) is 11.5 Å². The molecular weight excluding hydrogens is 984 g/mol. The number of benzene rings is 5. The quantitative estimate of drug-likeness (QED) is 0.0345. The minimum Gasteiger partial charge on any atom is -0.497 e. The van der Waals surface area contributed by atoms with Crippen LogP contribution in [0.2, 0.25) is 0 Å². The van der Waals surface area contributed by atoms with Crippen molar-refractivity contribution in [1.29, 1.82) is 5.26 Å². The van der Waals surface area contributed by atoms with Gasteiger partial charge in [0.05, 0.1) is 46.0 Å². The van der Waals surface area contributed by atoms with Crippen molar-refractivity contribution >= 4 is 26.3 Å². The zero-order chi connectivity index (χ0) is 53.8. The van der Waals surface area contributed by atoms with Gasteiger partial charge >= 0.3 is 11.8 Å². The van der Waals surface area contributed by atoms with E-state index in [1.54, 1.807) is 33.5 Å². The Morgan fingerprint density at radius 1 is 0.816 bits per heavy atom. The molecule has 398 valence electrons. The Kier molecular flexibility index (Phi) is 18.7. The van der Waals surface area contributed by atoms with Crippen LogP contribution in [0.15, 0.2) is 144 Å². The van der Waals surface area contributed by atoms with E-state index in [1.165, 1.54) is 9.47 Å². The molecule has 2 aliphatic rings. The van der Waals surface area contributed by atoms with Gasteiger partial charge in [0.1, 0.15) is 41.9 Å². The lowest BCUT2D eigenvalue weighted by atomic mass is 9.80. The molecule has 2 unspecified atom stereocenters. The van der Waals surface area contributed by atoms with E-state index in [4.69, 9.17) is 32.7 Å². The number of hydrogen-bond acceptors (Lipinski definition) is 13. The molecule has 1 aliphatic heterocycles. The molecule has 0 saturated carbocycles. The summed E-state index contributed by atoms with van der Waals surface area (Å²) in [5.74, 6) is 1.01. The van der Waals surface area contributed by atoms with Crippen LogP contribution in [0.1, 0.15) is 93.3 Å². The molecule has 1 aromatic heterocycles. The maximum Gasteiger partial charge on any atom is 0.409 e. The molecule has 4 atom stereocenters. The monoisotopic (exact) mass is 1050 g/mol. The Bertz CT molecular complexity index is 2890. The molecule has 0 bridgehead atoms. The largest absolute Gasteiger partial charge is 0.497 e. The van der Waals surface area contributed by atoms with Gasteiger partial charge in [-0.1, -0.05) is 103 Å². The Morgan fingerprint density at radius 3 is 1.96 bits per heavy atom. The number of aromatic nitrogens is 2. The summed E-state index contributed by atoms with van der Waals surface area (Å²) < 4.78 is 48.0. The van der Waals surface area contributed by atoms with Gasteiger partial charge in [0.2, 0.25) is 5.91 Å². The Morgan fingerprint density at radius 2 is 1.39 bits per heavy atom. The standard InChI is InChI=1S/C59H67N6O10P/c1-40(2)65(41(3)4)76(73-36-16-33-60)75-52-37-56(74-53(52)39-72-59(42-17-9-8-10-18-42,43-24-28-45(69-6)29-25-43)44-26-30-46(70-7)31-27-44)64-35-32-54(62-57(64)67)61-55(66)23-15-34-63(5)58(68)71-38-51-49-21-13-11-19-47(49)48-20-12-14-22-50(48)51/h8-14,17-22,24-32,35,40-41,51-53,56H,15-16,23,34,36-39H2,1-7H3,(H,61,62,66,67)/t52?,53-,56-,76?/m1/s1. The summed E-state index contributed by atoms with van der Waals surface area (Å²) in [6, 6.07) is 45.5. The van der Waals surface area contributed by atoms with Gasteiger partial charge in [-0.05, 0) is 103 Å². The second kappa shape index (κ2) is 25.7.